The predicted molar refractivity (Wildman–Crippen MR) is 92.3 cm³/mol. The van der Waals surface area contributed by atoms with Gasteiger partial charge in [-0.15, -0.1) is 0 Å². The third-order valence-corrected chi connectivity index (χ3v) is 4.11. The van der Waals surface area contributed by atoms with Crippen LogP contribution in [0.25, 0.3) is 0 Å². The Kier molecular flexibility index (Phi) is 5.23. The molecule has 1 saturated heterocycles. The van der Waals surface area contributed by atoms with Gasteiger partial charge in [0.05, 0.1) is 18.3 Å². The Hall–Kier alpha value is -3.19. The van der Waals surface area contributed by atoms with Crippen molar-refractivity contribution in [1.29, 1.82) is 0 Å². The molecular formula is C18H16N2O7. The van der Waals surface area contributed by atoms with Gasteiger partial charge in [0.15, 0.2) is 0 Å². The second kappa shape index (κ2) is 7.59. The third kappa shape index (κ3) is 3.98. The van der Waals surface area contributed by atoms with Crippen LogP contribution in [-0.4, -0.2) is 49.7 Å². The number of aromatic nitrogens is 2. The fourth-order valence-corrected chi connectivity index (χ4v) is 2.71. The number of hydrogen-bond acceptors (Lipinski definition) is 6. The third-order valence-electron chi connectivity index (χ3n) is 4.11. The Morgan fingerprint density at radius 2 is 2.11 bits per heavy atom. The summed E-state index contributed by atoms with van der Waals surface area (Å²) >= 11 is 0. The van der Waals surface area contributed by atoms with Gasteiger partial charge < -0.3 is 20.1 Å². The first-order valence-corrected chi connectivity index (χ1v) is 8.04. The van der Waals surface area contributed by atoms with Crippen LogP contribution in [-0.2, 0) is 4.74 Å². The Morgan fingerprint density at radius 3 is 2.78 bits per heavy atom. The van der Waals surface area contributed by atoms with E-state index in [4.69, 9.17) is 14.9 Å². The number of nitrogens with zero attached hydrogens (tertiary/aromatic N) is 1. The summed E-state index contributed by atoms with van der Waals surface area (Å²) in [6, 6.07) is 5.90. The van der Waals surface area contributed by atoms with Crippen LogP contribution in [0, 0.1) is 11.8 Å². The lowest BCUT2D eigenvalue weighted by atomic mass is 10.1. The minimum Gasteiger partial charge on any atom is -0.478 e. The summed E-state index contributed by atoms with van der Waals surface area (Å²) in [5.74, 6) is 4.20. The van der Waals surface area contributed by atoms with Gasteiger partial charge in [0.1, 0.15) is 17.9 Å². The van der Waals surface area contributed by atoms with Gasteiger partial charge in [0, 0.05) is 18.2 Å². The number of benzene rings is 1. The molecule has 27 heavy (non-hydrogen) atoms. The number of rotatable bonds is 3. The van der Waals surface area contributed by atoms with Crippen LogP contribution in [0.2, 0.25) is 0 Å². The van der Waals surface area contributed by atoms with E-state index in [2.05, 4.69) is 16.8 Å². The van der Waals surface area contributed by atoms with Gasteiger partial charge in [-0.3, -0.25) is 14.3 Å². The maximum Gasteiger partial charge on any atom is 0.335 e. The SMILES string of the molecule is O=C(O)c1cccc(C#Cc2cn([C@H]3C[C@H](O)[C@@H](CO)O3)c(=O)[nH]c2=O)c1. The Labute approximate surface area is 152 Å². The first-order valence-electron chi connectivity index (χ1n) is 8.04. The highest BCUT2D eigenvalue weighted by molar-refractivity contribution is 5.88. The van der Waals surface area contributed by atoms with Crippen molar-refractivity contribution in [1.82, 2.24) is 9.55 Å². The molecule has 2 heterocycles. The lowest BCUT2D eigenvalue weighted by molar-refractivity contribution is -0.0459. The number of carboxylic acid groups (broad SMARTS) is 1. The molecule has 3 atom stereocenters. The number of nitrogens with one attached hydrogen (secondary N) is 1. The van der Waals surface area contributed by atoms with E-state index in [1.54, 1.807) is 6.07 Å². The van der Waals surface area contributed by atoms with Crippen molar-refractivity contribution in [3.63, 3.8) is 0 Å². The molecule has 1 fully saturated rings. The number of aromatic amines is 1. The number of ether oxygens (including phenoxy) is 1. The smallest absolute Gasteiger partial charge is 0.335 e. The van der Waals surface area contributed by atoms with Crippen LogP contribution < -0.4 is 11.2 Å². The van der Waals surface area contributed by atoms with Gasteiger partial charge in [-0.1, -0.05) is 17.9 Å². The fourth-order valence-electron chi connectivity index (χ4n) is 2.71. The van der Waals surface area contributed by atoms with E-state index in [0.29, 0.717) is 5.56 Å². The summed E-state index contributed by atoms with van der Waals surface area (Å²) in [5, 5.41) is 28.0. The van der Waals surface area contributed by atoms with E-state index in [0.717, 1.165) is 4.57 Å². The second-order valence-corrected chi connectivity index (χ2v) is 5.96. The quantitative estimate of drug-likeness (QED) is 0.521. The molecule has 1 aromatic carbocycles. The molecule has 1 aliphatic heterocycles. The van der Waals surface area contributed by atoms with Gasteiger partial charge in [0.2, 0.25) is 0 Å². The van der Waals surface area contributed by atoms with Crippen molar-refractivity contribution in [3.05, 3.63) is 68.0 Å². The molecule has 0 saturated carbocycles. The van der Waals surface area contributed by atoms with E-state index in [1.165, 1.54) is 24.4 Å². The molecule has 0 spiro atoms. The lowest BCUT2D eigenvalue weighted by Crippen LogP contribution is -2.33. The molecular weight excluding hydrogens is 356 g/mol. The number of carboxylic acids is 1. The zero-order valence-electron chi connectivity index (χ0n) is 14.0. The number of aliphatic hydroxyl groups excluding tert-OH is 2. The van der Waals surface area contributed by atoms with Gasteiger partial charge in [0.25, 0.3) is 5.56 Å². The van der Waals surface area contributed by atoms with E-state index < -0.39 is 42.3 Å². The maximum absolute atomic E-state index is 12.0. The average Bonchev–Trinajstić information content (AvgIpc) is 3.01. The van der Waals surface area contributed by atoms with Crippen LogP contribution >= 0.6 is 0 Å². The summed E-state index contributed by atoms with van der Waals surface area (Å²) in [4.78, 5) is 37.2. The largest absolute Gasteiger partial charge is 0.478 e. The molecule has 140 valence electrons. The zero-order chi connectivity index (χ0) is 19.6. The minimum atomic E-state index is -1.10. The minimum absolute atomic E-state index is 0.0270. The van der Waals surface area contributed by atoms with Crippen molar-refractivity contribution in [3.8, 4) is 11.8 Å². The lowest BCUT2D eigenvalue weighted by Gasteiger charge is -2.14. The Bertz CT molecular complexity index is 1040. The van der Waals surface area contributed by atoms with Crippen LogP contribution in [0.3, 0.4) is 0 Å². The van der Waals surface area contributed by atoms with Crippen molar-refractivity contribution in [2.75, 3.05) is 6.61 Å². The first kappa shape index (κ1) is 18.6. The number of aromatic carboxylic acids is 1. The zero-order valence-corrected chi connectivity index (χ0v) is 14.0. The molecule has 4 N–H and O–H groups in total. The van der Waals surface area contributed by atoms with Crippen molar-refractivity contribution >= 4 is 5.97 Å². The predicted octanol–water partition coefficient (Wildman–Crippen LogP) is -0.725. The van der Waals surface area contributed by atoms with Crippen LogP contribution in [0.1, 0.15) is 34.1 Å². The molecule has 0 unspecified atom stereocenters. The average molecular weight is 372 g/mol. The van der Waals surface area contributed by atoms with E-state index in [9.17, 15) is 19.5 Å². The number of aliphatic hydroxyl groups is 2. The van der Waals surface area contributed by atoms with Crippen molar-refractivity contribution < 1.29 is 24.9 Å². The highest BCUT2D eigenvalue weighted by Crippen LogP contribution is 2.27. The summed E-state index contributed by atoms with van der Waals surface area (Å²) in [5.41, 5.74) is -1.01. The summed E-state index contributed by atoms with van der Waals surface area (Å²) in [6.07, 6.45) is -1.32. The highest BCUT2D eigenvalue weighted by Gasteiger charge is 2.35. The van der Waals surface area contributed by atoms with Crippen molar-refractivity contribution in [2.45, 2.75) is 24.9 Å². The number of H-pyrrole nitrogens is 1. The van der Waals surface area contributed by atoms with E-state index >= 15 is 0 Å². The number of carbonyl (C=O) groups is 1. The Balaban J connectivity index is 1.94. The molecule has 1 aliphatic rings. The monoisotopic (exact) mass is 372 g/mol. The molecule has 0 bridgehead atoms. The van der Waals surface area contributed by atoms with Crippen LogP contribution in [0.15, 0.2) is 40.1 Å². The normalized spacial score (nSPS) is 21.5. The second-order valence-electron chi connectivity index (χ2n) is 5.96. The summed E-state index contributed by atoms with van der Waals surface area (Å²) in [7, 11) is 0. The molecule has 9 heteroatoms. The molecule has 9 nitrogen and oxygen atoms in total. The topological polar surface area (TPSA) is 142 Å². The highest BCUT2D eigenvalue weighted by atomic mass is 16.5. The first-order chi connectivity index (χ1) is 12.9. The van der Waals surface area contributed by atoms with E-state index in [-0.39, 0.29) is 17.5 Å². The number of hydrogen-bond donors (Lipinski definition) is 4. The Morgan fingerprint density at radius 1 is 1.33 bits per heavy atom. The molecule has 0 aliphatic carbocycles. The molecule has 0 amide bonds. The van der Waals surface area contributed by atoms with Crippen molar-refractivity contribution in [2.24, 2.45) is 0 Å². The molecule has 3 rings (SSSR count). The standard InChI is InChI=1S/C18H16N2O7/c21-9-14-13(22)7-15(27-14)20-8-12(16(23)19-18(20)26)5-4-10-2-1-3-11(6-10)17(24)25/h1-3,6,8,13-15,21-22H,7,9H2,(H,24,25)(H,19,23,26)/t13-,14+,15+/m0/s1. The van der Waals surface area contributed by atoms with Gasteiger partial charge >= 0.3 is 11.7 Å². The van der Waals surface area contributed by atoms with Gasteiger partial charge in [-0.25, -0.2) is 9.59 Å². The molecule has 2 aromatic rings. The molecule has 1 aromatic heterocycles. The van der Waals surface area contributed by atoms with Crippen LogP contribution in [0.5, 0.6) is 0 Å². The summed E-state index contributed by atoms with van der Waals surface area (Å²) < 4.78 is 6.51. The summed E-state index contributed by atoms with van der Waals surface area (Å²) in [6.45, 7) is -0.400. The van der Waals surface area contributed by atoms with Gasteiger partial charge in [-0.05, 0) is 18.2 Å². The van der Waals surface area contributed by atoms with Crippen LogP contribution in [0.4, 0.5) is 0 Å². The van der Waals surface area contributed by atoms with Gasteiger partial charge in [-0.2, -0.15) is 0 Å². The fraction of sp³-hybridized carbons (Fsp3) is 0.278. The van der Waals surface area contributed by atoms with E-state index in [1.807, 2.05) is 0 Å². The molecule has 0 radical (unpaired) electrons. The maximum atomic E-state index is 12.0.